The minimum atomic E-state index is 0.00206. The van der Waals surface area contributed by atoms with Gasteiger partial charge in [0.1, 0.15) is 0 Å². The number of carbonyl (C=O) groups is 2. The van der Waals surface area contributed by atoms with Crippen LogP contribution in [0.25, 0.3) is 0 Å². The van der Waals surface area contributed by atoms with Crippen LogP contribution < -0.4 is 0 Å². The number of aliphatic hydroxyl groups is 1. The van der Waals surface area contributed by atoms with Crippen LogP contribution in [0.15, 0.2) is 24.3 Å². The predicted molar refractivity (Wildman–Crippen MR) is 85.1 cm³/mol. The Morgan fingerprint density at radius 2 is 1.64 bits per heavy atom. The Hall–Kier alpha value is -1.72. The van der Waals surface area contributed by atoms with E-state index in [0.29, 0.717) is 24.2 Å². The molecule has 0 aromatic heterocycles. The van der Waals surface area contributed by atoms with E-state index in [4.69, 9.17) is 0 Å². The SMILES string of the molecule is CCC(CO)N1CCN(C(=O)c2ccc(C(C)=O)cc2)CC1. The number of carbonyl (C=O) groups excluding carboxylic acids is 2. The van der Waals surface area contributed by atoms with Gasteiger partial charge in [0.05, 0.1) is 6.61 Å². The standard InChI is InChI=1S/C17H24N2O3/c1-3-16(12-20)18-8-10-19(11-9-18)17(22)15-6-4-14(5-7-15)13(2)21/h4-7,16,20H,3,8-12H2,1-2H3. The van der Waals surface area contributed by atoms with Gasteiger partial charge in [0.2, 0.25) is 0 Å². The van der Waals surface area contributed by atoms with Gasteiger partial charge in [-0.2, -0.15) is 0 Å². The van der Waals surface area contributed by atoms with Crippen molar-refractivity contribution in [3.05, 3.63) is 35.4 Å². The van der Waals surface area contributed by atoms with Gasteiger partial charge in [-0.05, 0) is 25.5 Å². The molecular formula is C17H24N2O3. The third-order valence-corrected chi connectivity index (χ3v) is 4.34. The van der Waals surface area contributed by atoms with Crippen molar-refractivity contribution in [1.82, 2.24) is 9.80 Å². The fourth-order valence-corrected chi connectivity index (χ4v) is 2.82. The van der Waals surface area contributed by atoms with Crippen LogP contribution in [0.3, 0.4) is 0 Å². The molecule has 0 radical (unpaired) electrons. The molecule has 1 atom stereocenters. The second-order valence-corrected chi connectivity index (χ2v) is 5.71. The molecule has 22 heavy (non-hydrogen) atoms. The van der Waals surface area contributed by atoms with E-state index in [9.17, 15) is 14.7 Å². The average molecular weight is 304 g/mol. The van der Waals surface area contributed by atoms with E-state index < -0.39 is 0 Å². The molecule has 1 N–H and O–H groups in total. The number of aliphatic hydroxyl groups excluding tert-OH is 1. The van der Waals surface area contributed by atoms with E-state index in [1.165, 1.54) is 6.92 Å². The maximum atomic E-state index is 12.5. The molecule has 0 bridgehead atoms. The molecule has 5 nitrogen and oxygen atoms in total. The molecule has 1 amide bonds. The summed E-state index contributed by atoms with van der Waals surface area (Å²) in [6.45, 7) is 6.66. The van der Waals surface area contributed by atoms with Crippen molar-refractivity contribution in [2.24, 2.45) is 0 Å². The topological polar surface area (TPSA) is 60.9 Å². The number of benzene rings is 1. The zero-order chi connectivity index (χ0) is 16.1. The van der Waals surface area contributed by atoms with Crippen LogP contribution in [0.5, 0.6) is 0 Å². The largest absolute Gasteiger partial charge is 0.395 e. The summed E-state index contributed by atoms with van der Waals surface area (Å²) in [5.74, 6) is 0.00835. The number of nitrogens with zero attached hydrogens (tertiary/aromatic N) is 2. The summed E-state index contributed by atoms with van der Waals surface area (Å²) < 4.78 is 0. The minimum absolute atomic E-state index is 0.00206. The van der Waals surface area contributed by atoms with Crippen molar-refractivity contribution in [2.75, 3.05) is 32.8 Å². The maximum absolute atomic E-state index is 12.5. The quantitative estimate of drug-likeness (QED) is 0.836. The first-order valence-corrected chi connectivity index (χ1v) is 7.82. The summed E-state index contributed by atoms with van der Waals surface area (Å²) in [5.41, 5.74) is 1.24. The maximum Gasteiger partial charge on any atom is 0.253 e. The van der Waals surface area contributed by atoms with E-state index in [-0.39, 0.29) is 24.3 Å². The first kappa shape index (κ1) is 16.6. The van der Waals surface area contributed by atoms with Crippen molar-refractivity contribution < 1.29 is 14.7 Å². The Bertz CT molecular complexity index is 515. The summed E-state index contributed by atoms with van der Waals surface area (Å²) in [7, 11) is 0. The highest BCUT2D eigenvalue weighted by atomic mass is 16.3. The highest BCUT2D eigenvalue weighted by Crippen LogP contribution is 2.13. The van der Waals surface area contributed by atoms with Gasteiger partial charge in [0.25, 0.3) is 5.91 Å². The van der Waals surface area contributed by atoms with E-state index in [2.05, 4.69) is 11.8 Å². The zero-order valence-electron chi connectivity index (χ0n) is 13.3. The number of ketones is 1. The fraction of sp³-hybridized carbons (Fsp3) is 0.529. The number of piperazine rings is 1. The molecule has 1 fully saturated rings. The molecule has 1 heterocycles. The van der Waals surface area contributed by atoms with Gasteiger partial charge in [0, 0.05) is 43.3 Å². The molecule has 0 saturated carbocycles. The second-order valence-electron chi connectivity index (χ2n) is 5.71. The molecule has 1 aliphatic rings. The lowest BCUT2D eigenvalue weighted by Crippen LogP contribution is -2.52. The van der Waals surface area contributed by atoms with Gasteiger partial charge in [0.15, 0.2) is 5.78 Å². The molecule has 1 aromatic carbocycles. The Morgan fingerprint density at radius 3 is 2.09 bits per heavy atom. The van der Waals surface area contributed by atoms with Crippen LogP contribution in [0.4, 0.5) is 0 Å². The van der Waals surface area contributed by atoms with Gasteiger partial charge in [-0.15, -0.1) is 0 Å². The summed E-state index contributed by atoms with van der Waals surface area (Å²) >= 11 is 0. The van der Waals surface area contributed by atoms with Gasteiger partial charge in [-0.25, -0.2) is 0 Å². The van der Waals surface area contributed by atoms with Crippen LogP contribution in [-0.4, -0.2) is 65.4 Å². The molecule has 0 aliphatic carbocycles. The number of Topliss-reactive ketones (excluding diaryl/α,β-unsaturated/α-hetero) is 1. The van der Waals surface area contributed by atoms with Crippen molar-refractivity contribution in [3.8, 4) is 0 Å². The Kier molecular flexibility index (Phi) is 5.69. The van der Waals surface area contributed by atoms with E-state index in [0.717, 1.165) is 19.5 Å². The molecule has 120 valence electrons. The first-order chi connectivity index (χ1) is 10.6. The zero-order valence-corrected chi connectivity index (χ0v) is 13.3. The van der Waals surface area contributed by atoms with Crippen LogP contribution in [0.2, 0.25) is 0 Å². The summed E-state index contributed by atoms with van der Waals surface area (Å²) in [6.07, 6.45) is 0.914. The first-order valence-electron chi connectivity index (χ1n) is 7.82. The van der Waals surface area contributed by atoms with Crippen molar-refractivity contribution in [3.63, 3.8) is 0 Å². The van der Waals surface area contributed by atoms with E-state index >= 15 is 0 Å². The summed E-state index contributed by atoms with van der Waals surface area (Å²) in [6, 6.07) is 7.02. The smallest absolute Gasteiger partial charge is 0.253 e. The van der Waals surface area contributed by atoms with Crippen molar-refractivity contribution in [2.45, 2.75) is 26.3 Å². The fourth-order valence-electron chi connectivity index (χ4n) is 2.82. The average Bonchev–Trinajstić information content (AvgIpc) is 2.56. The highest BCUT2D eigenvalue weighted by molar-refractivity contribution is 5.97. The van der Waals surface area contributed by atoms with Crippen LogP contribution in [0.1, 0.15) is 41.0 Å². The number of hydrogen-bond acceptors (Lipinski definition) is 4. The molecule has 2 rings (SSSR count). The second kappa shape index (κ2) is 7.51. The molecule has 1 unspecified atom stereocenters. The Morgan fingerprint density at radius 1 is 1.09 bits per heavy atom. The van der Waals surface area contributed by atoms with Gasteiger partial charge in [-0.1, -0.05) is 19.1 Å². The summed E-state index contributed by atoms with van der Waals surface area (Å²) in [4.78, 5) is 27.8. The van der Waals surface area contributed by atoms with Crippen LogP contribution >= 0.6 is 0 Å². The summed E-state index contributed by atoms with van der Waals surface area (Å²) in [5, 5.41) is 9.35. The van der Waals surface area contributed by atoms with E-state index in [1.807, 2.05) is 4.90 Å². The molecule has 1 aliphatic heterocycles. The van der Waals surface area contributed by atoms with Gasteiger partial charge in [-0.3, -0.25) is 14.5 Å². The Balaban J connectivity index is 1.96. The van der Waals surface area contributed by atoms with E-state index in [1.54, 1.807) is 24.3 Å². The predicted octanol–water partition coefficient (Wildman–Crippen LogP) is 1.42. The van der Waals surface area contributed by atoms with Gasteiger partial charge < -0.3 is 10.0 Å². The lowest BCUT2D eigenvalue weighted by atomic mass is 10.1. The molecule has 5 heteroatoms. The molecule has 1 saturated heterocycles. The lowest BCUT2D eigenvalue weighted by molar-refractivity contribution is 0.0472. The van der Waals surface area contributed by atoms with Crippen LogP contribution in [0, 0.1) is 0 Å². The monoisotopic (exact) mass is 304 g/mol. The minimum Gasteiger partial charge on any atom is -0.395 e. The number of rotatable bonds is 5. The third-order valence-electron chi connectivity index (χ3n) is 4.34. The van der Waals surface area contributed by atoms with Crippen LogP contribution in [-0.2, 0) is 0 Å². The third kappa shape index (κ3) is 3.72. The normalized spacial score (nSPS) is 17.3. The number of amides is 1. The van der Waals surface area contributed by atoms with Crippen molar-refractivity contribution >= 4 is 11.7 Å². The lowest BCUT2D eigenvalue weighted by Gasteiger charge is -2.38. The Labute approximate surface area is 131 Å². The molecule has 1 aromatic rings. The molecular weight excluding hydrogens is 280 g/mol. The van der Waals surface area contributed by atoms with Crippen molar-refractivity contribution in [1.29, 1.82) is 0 Å². The van der Waals surface area contributed by atoms with Gasteiger partial charge >= 0.3 is 0 Å². The molecule has 0 spiro atoms. The number of hydrogen-bond donors (Lipinski definition) is 1. The highest BCUT2D eigenvalue weighted by Gasteiger charge is 2.25.